The maximum Gasteiger partial charge on any atom is 0.283 e. The lowest BCUT2D eigenvalue weighted by molar-refractivity contribution is -0.114. The number of hydrogen-bond donors (Lipinski definition) is 1. The highest BCUT2D eigenvalue weighted by molar-refractivity contribution is 8.26. The van der Waals surface area contributed by atoms with E-state index in [1.54, 1.807) is 19.3 Å². The Kier molecular flexibility index (Phi) is 6.55. The molecule has 2 aliphatic rings. The van der Waals surface area contributed by atoms with E-state index >= 15 is 0 Å². The van der Waals surface area contributed by atoms with Crippen molar-refractivity contribution in [3.05, 3.63) is 59.7 Å². The lowest BCUT2D eigenvalue weighted by Gasteiger charge is -2.20. The summed E-state index contributed by atoms with van der Waals surface area (Å²) in [6.07, 6.45) is 2.36. The molecule has 0 radical (unpaired) electrons. The maximum atomic E-state index is 12.5. The minimum Gasteiger partial charge on any atom is -0.493 e. The number of aliphatic imine (C=N–C) groups is 1. The number of hydrogen-bond acceptors (Lipinski definition) is 7. The number of para-hydroxylation sites is 2. The number of amides is 1. The molecule has 0 atom stereocenters. The van der Waals surface area contributed by atoms with Crippen LogP contribution in [0.4, 0.5) is 0 Å². The van der Waals surface area contributed by atoms with Crippen LogP contribution in [0.5, 0.6) is 17.2 Å². The third kappa shape index (κ3) is 4.67. The molecule has 0 spiro atoms. The second kappa shape index (κ2) is 9.69. The summed E-state index contributed by atoms with van der Waals surface area (Å²) in [7, 11) is 1.60. The average molecular weight is 451 g/mol. The molecular formula is C23H22N4O4S. The molecule has 4 rings (SSSR count). The van der Waals surface area contributed by atoms with Gasteiger partial charge in [-0.1, -0.05) is 31.2 Å². The smallest absolute Gasteiger partial charge is 0.283 e. The van der Waals surface area contributed by atoms with E-state index in [0.717, 1.165) is 17.0 Å². The lowest BCUT2D eigenvalue weighted by atomic mass is 10.1. The summed E-state index contributed by atoms with van der Waals surface area (Å²) in [6.45, 7) is 2.65. The Balaban J connectivity index is 1.41. The Morgan fingerprint density at radius 3 is 2.66 bits per heavy atom. The fraction of sp³-hybridized carbons (Fsp3) is 0.217. The monoisotopic (exact) mass is 450 g/mol. The van der Waals surface area contributed by atoms with Gasteiger partial charge in [-0.05, 0) is 54.1 Å². The zero-order chi connectivity index (χ0) is 22.5. The highest BCUT2D eigenvalue weighted by atomic mass is 32.2. The first-order valence-electron chi connectivity index (χ1n) is 10.1. The quantitative estimate of drug-likeness (QED) is 0.479. The van der Waals surface area contributed by atoms with Crippen molar-refractivity contribution in [3.63, 3.8) is 0 Å². The first-order chi connectivity index (χ1) is 15.6. The molecule has 9 heteroatoms. The largest absolute Gasteiger partial charge is 0.493 e. The second-order valence-corrected chi connectivity index (χ2v) is 7.83. The molecule has 8 nitrogen and oxygen atoms in total. The van der Waals surface area contributed by atoms with Crippen molar-refractivity contribution in [2.24, 2.45) is 10.1 Å². The molecule has 2 heterocycles. The first kappa shape index (κ1) is 21.6. The number of carbonyl (C=O) groups is 1. The molecule has 2 aromatic rings. The minimum atomic E-state index is -0.446. The Labute approximate surface area is 190 Å². The summed E-state index contributed by atoms with van der Waals surface area (Å²) in [5.74, 6) is 1.52. The number of hydrazone groups is 1. The van der Waals surface area contributed by atoms with Gasteiger partial charge < -0.3 is 14.2 Å². The van der Waals surface area contributed by atoms with Crippen LogP contribution in [0.15, 0.2) is 64.2 Å². The van der Waals surface area contributed by atoms with Gasteiger partial charge >= 0.3 is 0 Å². The van der Waals surface area contributed by atoms with Crippen LogP contribution in [0, 0.1) is 5.41 Å². The third-order valence-electron chi connectivity index (χ3n) is 4.65. The summed E-state index contributed by atoms with van der Waals surface area (Å²) < 4.78 is 16.8. The number of thioether (sulfide) groups is 1. The Morgan fingerprint density at radius 2 is 1.88 bits per heavy atom. The lowest BCUT2D eigenvalue weighted by Crippen LogP contribution is -2.35. The molecule has 0 unspecified atom stereocenters. The Bertz CT molecular complexity index is 1140. The number of benzene rings is 2. The predicted octanol–water partition coefficient (Wildman–Crippen LogP) is 4.18. The van der Waals surface area contributed by atoms with Gasteiger partial charge in [0, 0.05) is 0 Å². The summed E-state index contributed by atoms with van der Waals surface area (Å²) in [4.78, 5) is 16.6. The number of rotatable bonds is 8. The number of ether oxygens (including phenoxy) is 3. The van der Waals surface area contributed by atoms with Crippen LogP contribution in [0.1, 0.15) is 18.9 Å². The van der Waals surface area contributed by atoms with E-state index in [9.17, 15) is 4.79 Å². The highest BCUT2D eigenvalue weighted by Gasteiger charge is 2.35. The molecule has 0 aromatic heterocycles. The van der Waals surface area contributed by atoms with Crippen molar-refractivity contribution in [3.8, 4) is 17.2 Å². The molecule has 0 saturated heterocycles. The van der Waals surface area contributed by atoms with Crippen molar-refractivity contribution in [2.75, 3.05) is 20.3 Å². The van der Waals surface area contributed by atoms with Crippen molar-refractivity contribution >= 4 is 39.8 Å². The topological polar surface area (TPSA) is 96.6 Å². The van der Waals surface area contributed by atoms with E-state index in [4.69, 9.17) is 19.6 Å². The number of carbonyl (C=O) groups excluding carboxylic acids is 1. The Hall–Kier alpha value is -3.59. The van der Waals surface area contributed by atoms with Gasteiger partial charge in [0.25, 0.3) is 5.91 Å². The molecule has 0 aliphatic carbocycles. The molecular weight excluding hydrogens is 428 g/mol. The summed E-state index contributed by atoms with van der Waals surface area (Å²) in [5, 5.41) is 15.4. The molecule has 1 N–H and O–H groups in total. The van der Waals surface area contributed by atoms with E-state index in [1.165, 1.54) is 16.8 Å². The van der Waals surface area contributed by atoms with Gasteiger partial charge in [0.1, 0.15) is 24.0 Å². The van der Waals surface area contributed by atoms with Crippen LogP contribution < -0.4 is 14.2 Å². The molecule has 0 saturated carbocycles. The van der Waals surface area contributed by atoms with E-state index in [0.29, 0.717) is 35.6 Å². The van der Waals surface area contributed by atoms with Crippen molar-refractivity contribution in [2.45, 2.75) is 13.3 Å². The molecule has 0 fully saturated rings. The SMILES string of the molecule is CCC1=NN2C(=N)C(=Cc3cccc(OCCOc4ccccc4OC)c3)C(=O)N=C2S1. The summed E-state index contributed by atoms with van der Waals surface area (Å²) in [5.41, 5.74) is 0.915. The standard InChI is InChI=1S/C23H22N4O4S/c1-3-20-26-27-21(24)17(22(28)25-23(27)32-20)14-15-7-6-8-16(13-15)30-11-12-31-19-10-5-4-9-18(19)29-2/h4-10,13-14,24H,3,11-12H2,1-2H3. The zero-order valence-corrected chi connectivity index (χ0v) is 18.5. The van der Waals surface area contributed by atoms with Gasteiger partial charge in [0.15, 0.2) is 17.3 Å². The zero-order valence-electron chi connectivity index (χ0n) is 17.7. The van der Waals surface area contributed by atoms with Crippen LogP contribution >= 0.6 is 11.8 Å². The molecule has 2 aliphatic heterocycles. The number of fused-ring (bicyclic) bond motifs is 1. The van der Waals surface area contributed by atoms with E-state index in [2.05, 4.69) is 10.1 Å². The third-order valence-corrected chi connectivity index (χ3v) is 5.70. The average Bonchev–Trinajstić information content (AvgIpc) is 3.23. The molecule has 2 aromatic carbocycles. The van der Waals surface area contributed by atoms with Crippen molar-refractivity contribution < 1.29 is 19.0 Å². The summed E-state index contributed by atoms with van der Waals surface area (Å²) >= 11 is 1.32. The predicted molar refractivity (Wildman–Crippen MR) is 126 cm³/mol. The van der Waals surface area contributed by atoms with Gasteiger partial charge in [-0.25, -0.2) is 0 Å². The van der Waals surface area contributed by atoms with E-state index < -0.39 is 5.91 Å². The minimum absolute atomic E-state index is 0.0208. The van der Waals surface area contributed by atoms with Gasteiger partial charge in [-0.2, -0.15) is 15.1 Å². The van der Waals surface area contributed by atoms with Gasteiger partial charge in [0.05, 0.1) is 12.7 Å². The summed E-state index contributed by atoms with van der Waals surface area (Å²) in [6, 6.07) is 14.7. The normalized spacial score (nSPS) is 16.6. The first-order valence-corrected chi connectivity index (χ1v) is 10.9. The van der Waals surface area contributed by atoms with E-state index in [-0.39, 0.29) is 11.4 Å². The van der Waals surface area contributed by atoms with Gasteiger partial charge in [-0.3, -0.25) is 10.2 Å². The molecule has 32 heavy (non-hydrogen) atoms. The molecule has 164 valence electrons. The number of amidine groups is 2. The highest BCUT2D eigenvalue weighted by Crippen LogP contribution is 2.29. The van der Waals surface area contributed by atoms with Gasteiger partial charge in [-0.15, -0.1) is 0 Å². The fourth-order valence-corrected chi connectivity index (χ4v) is 3.91. The maximum absolute atomic E-state index is 12.5. The number of nitrogens with zero attached hydrogens (tertiary/aromatic N) is 3. The van der Waals surface area contributed by atoms with Crippen LogP contribution in [0.25, 0.3) is 6.08 Å². The number of nitrogens with one attached hydrogen (secondary N) is 1. The van der Waals surface area contributed by atoms with Crippen molar-refractivity contribution in [1.29, 1.82) is 5.41 Å². The molecule has 1 amide bonds. The fourth-order valence-electron chi connectivity index (χ4n) is 3.08. The van der Waals surface area contributed by atoms with Crippen LogP contribution in [-0.2, 0) is 4.79 Å². The van der Waals surface area contributed by atoms with E-state index in [1.807, 2.05) is 49.4 Å². The van der Waals surface area contributed by atoms with Crippen molar-refractivity contribution in [1.82, 2.24) is 5.01 Å². The van der Waals surface area contributed by atoms with Gasteiger partial charge in [0.2, 0.25) is 5.17 Å². The van der Waals surface area contributed by atoms with Crippen LogP contribution in [-0.4, -0.2) is 47.3 Å². The Morgan fingerprint density at radius 1 is 1.09 bits per heavy atom. The molecule has 0 bridgehead atoms. The van der Waals surface area contributed by atoms with Crippen LogP contribution in [0.3, 0.4) is 0 Å². The van der Waals surface area contributed by atoms with Crippen LogP contribution in [0.2, 0.25) is 0 Å². The second-order valence-electron chi connectivity index (χ2n) is 6.79. The number of methoxy groups -OCH3 is 1.